The number of aliphatic hydroxyl groups excluding tert-OH is 1. The Bertz CT molecular complexity index is 322. The van der Waals surface area contributed by atoms with Crippen molar-refractivity contribution in [2.75, 3.05) is 52.4 Å². The molecular weight excluding hydrogens is 274 g/mol. The molecule has 2 atom stereocenters. The summed E-state index contributed by atoms with van der Waals surface area (Å²) in [6.45, 7) is 10.9. The first-order valence-electron chi connectivity index (χ1n) is 9.57. The molecule has 3 aliphatic rings. The molecule has 0 aromatic carbocycles. The van der Waals surface area contributed by atoms with Crippen molar-refractivity contribution in [1.82, 2.24) is 14.7 Å². The summed E-state index contributed by atoms with van der Waals surface area (Å²) in [6, 6.07) is 1.69. The molecule has 1 saturated carbocycles. The van der Waals surface area contributed by atoms with Crippen LogP contribution in [0.1, 0.15) is 45.4 Å². The van der Waals surface area contributed by atoms with E-state index in [0.29, 0.717) is 6.61 Å². The van der Waals surface area contributed by atoms with Crippen LogP contribution >= 0.6 is 0 Å². The molecule has 3 rings (SSSR count). The summed E-state index contributed by atoms with van der Waals surface area (Å²) in [7, 11) is 0. The van der Waals surface area contributed by atoms with Gasteiger partial charge in [0.1, 0.15) is 0 Å². The van der Waals surface area contributed by atoms with Crippen LogP contribution in [0.4, 0.5) is 0 Å². The molecule has 0 amide bonds. The lowest BCUT2D eigenvalue weighted by atomic mass is 9.85. The molecule has 0 unspecified atom stereocenters. The predicted molar refractivity (Wildman–Crippen MR) is 91.1 cm³/mol. The van der Waals surface area contributed by atoms with E-state index in [1.54, 1.807) is 0 Å². The van der Waals surface area contributed by atoms with Crippen LogP contribution in [0.25, 0.3) is 0 Å². The molecule has 0 aromatic heterocycles. The van der Waals surface area contributed by atoms with Gasteiger partial charge in [0.15, 0.2) is 0 Å². The monoisotopic (exact) mass is 309 g/mol. The summed E-state index contributed by atoms with van der Waals surface area (Å²) in [5.74, 6) is 0.941. The minimum atomic E-state index is 0.304. The Morgan fingerprint density at radius 3 is 2.14 bits per heavy atom. The summed E-state index contributed by atoms with van der Waals surface area (Å²) in [5, 5.41) is 9.04. The third kappa shape index (κ3) is 4.22. The van der Waals surface area contributed by atoms with Crippen molar-refractivity contribution < 1.29 is 5.11 Å². The fourth-order valence-corrected chi connectivity index (χ4v) is 4.84. The van der Waals surface area contributed by atoms with Gasteiger partial charge in [0, 0.05) is 44.8 Å². The van der Waals surface area contributed by atoms with E-state index < -0.39 is 0 Å². The molecule has 0 aromatic rings. The van der Waals surface area contributed by atoms with Crippen molar-refractivity contribution >= 4 is 0 Å². The molecule has 0 spiro atoms. The van der Waals surface area contributed by atoms with Crippen LogP contribution in [0.2, 0.25) is 0 Å². The maximum absolute atomic E-state index is 9.04. The van der Waals surface area contributed by atoms with Crippen molar-refractivity contribution in [2.24, 2.45) is 5.92 Å². The number of β-amino-alcohol motifs (C(OH)–C–C–N with tert-alkyl or cyclic N) is 1. The fourth-order valence-electron chi connectivity index (χ4n) is 4.84. The average molecular weight is 309 g/mol. The number of rotatable bonds is 4. The summed E-state index contributed by atoms with van der Waals surface area (Å²) in [5.41, 5.74) is 0. The first-order chi connectivity index (χ1) is 10.8. The highest BCUT2D eigenvalue weighted by molar-refractivity contribution is 4.87. The summed E-state index contributed by atoms with van der Waals surface area (Å²) < 4.78 is 0. The maximum atomic E-state index is 9.04. The van der Waals surface area contributed by atoms with Crippen molar-refractivity contribution in [1.29, 1.82) is 0 Å². The highest BCUT2D eigenvalue weighted by atomic mass is 16.3. The van der Waals surface area contributed by atoms with Crippen LogP contribution in [0.3, 0.4) is 0 Å². The lowest BCUT2D eigenvalue weighted by Crippen LogP contribution is -2.54. The molecule has 2 heterocycles. The first-order valence-corrected chi connectivity index (χ1v) is 9.57. The van der Waals surface area contributed by atoms with E-state index in [0.717, 1.165) is 37.6 Å². The number of nitrogens with zero attached hydrogens (tertiary/aromatic N) is 3. The quantitative estimate of drug-likeness (QED) is 0.855. The Kier molecular flexibility index (Phi) is 6.14. The standard InChI is InChI=1S/C18H35N3O/c1-16-3-2-4-18(15-16)20-7-5-17(6-8-20)21-11-9-19(10-12-21)13-14-22/h16-18,22H,2-15H2,1H3/t16-,18-/m0/s1. The second kappa shape index (κ2) is 8.09. The minimum Gasteiger partial charge on any atom is -0.395 e. The lowest BCUT2D eigenvalue weighted by molar-refractivity contribution is 0.0340. The van der Waals surface area contributed by atoms with Gasteiger partial charge in [0.2, 0.25) is 0 Å². The largest absolute Gasteiger partial charge is 0.395 e. The SMILES string of the molecule is C[C@H]1CCC[C@H](N2CCC(N3CCN(CCO)CC3)CC2)C1. The molecule has 4 heteroatoms. The Morgan fingerprint density at radius 2 is 1.50 bits per heavy atom. The van der Waals surface area contributed by atoms with Crippen LogP contribution in [-0.2, 0) is 0 Å². The molecule has 4 nitrogen and oxygen atoms in total. The molecular formula is C18H35N3O. The summed E-state index contributed by atoms with van der Waals surface area (Å²) in [6.07, 6.45) is 8.50. The molecule has 3 fully saturated rings. The summed E-state index contributed by atoms with van der Waals surface area (Å²) >= 11 is 0. The average Bonchev–Trinajstić information content (AvgIpc) is 2.56. The van der Waals surface area contributed by atoms with Gasteiger partial charge in [0.25, 0.3) is 0 Å². The zero-order valence-electron chi connectivity index (χ0n) is 14.4. The van der Waals surface area contributed by atoms with Gasteiger partial charge in [-0.3, -0.25) is 9.80 Å². The molecule has 128 valence electrons. The Labute approximate surface area is 136 Å². The van der Waals surface area contributed by atoms with E-state index in [9.17, 15) is 0 Å². The van der Waals surface area contributed by atoms with E-state index in [1.165, 1.54) is 64.7 Å². The highest BCUT2D eigenvalue weighted by Crippen LogP contribution is 2.30. The minimum absolute atomic E-state index is 0.304. The molecule has 1 N–H and O–H groups in total. The molecule has 0 bridgehead atoms. The van der Waals surface area contributed by atoms with Gasteiger partial charge >= 0.3 is 0 Å². The van der Waals surface area contributed by atoms with Crippen molar-refractivity contribution in [3.8, 4) is 0 Å². The Balaban J connectivity index is 1.40. The third-order valence-corrected chi connectivity index (χ3v) is 6.26. The van der Waals surface area contributed by atoms with Crippen LogP contribution in [0, 0.1) is 5.92 Å². The number of hydrogen-bond donors (Lipinski definition) is 1. The lowest BCUT2D eigenvalue weighted by Gasteiger charge is -2.45. The number of piperidine rings is 1. The van der Waals surface area contributed by atoms with Gasteiger partial charge in [-0.15, -0.1) is 0 Å². The van der Waals surface area contributed by atoms with Gasteiger partial charge in [-0.05, 0) is 44.7 Å². The number of hydrogen-bond acceptors (Lipinski definition) is 4. The van der Waals surface area contributed by atoms with Crippen LogP contribution in [-0.4, -0.2) is 84.3 Å². The number of aliphatic hydroxyl groups is 1. The molecule has 22 heavy (non-hydrogen) atoms. The number of likely N-dealkylation sites (tertiary alicyclic amines) is 1. The van der Waals surface area contributed by atoms with Gasteiger partial charge in [-0.2, -0.15) is 0 Å². The van der Waals surface area contributed by atoms with Gasteiger partial charge in [-0.25, -0.2) is 0 Å². The van der Waals surface area contributed by atoms with Crippen molar-refractivity contribution in [2.45, 2.75) is 57.5 Å². The van der Waals surface area contributed by atoms with Gasteiger partial charge < -0.3 is 10.0 Å². The zero-order chi connectivity index (χ0) is 15.4. The first kappa shape index (κ1) is 16.7. The van der Waals surface area contributed by atoms with Gasteiger partial charge in [-0.1, -0.05) is 19.8 Å². The summed E-state index contributed by atoms with van der Waals surface area (Å²) in [4.78, 5) is 7.91. The fraction of sp³-hybridized carbons (Fsp3) is 1.00. The second-order valence-electron chi connectivity index (χ2n) is 7.79. The Morgan fingerprint density at radius 1 is 0.818 bits per heavy atom. The number of piperazine rings is 1. The predicted octanol–water partition coefficient (Wildman–Crippen LogP) is 1.64. The normalized spacial score (nSPS) is 34.1. The van der Waals surface area contributed by atoms with E-state index in [2.05, 4.69) is 21.6 Å². The maximum Gasteiger partial charge on any atom is 0.0558 e. The van der Waals surface area contributed by atoms with Crippen molar-refractivity contribution in [3.63, 3.8) is 0 Å². The molecule has 2 aliphatic heterocycles. The van der Waals surface area contributed by atoms with Crippen LogP contribution < -0.4 is 0 Å². The van der Waals surface area contributed by atoms with Crippen LogP contribution in [0.5, 0.6) is 0 Å². The van der Waals surface area contributed by atoms with Crippen molar-refractivity contribution in [3.05, 3.63) is 0 Å². The van der Waals surface area contributed by atoms with E-state index in [4.69, 9.17) is 5.11 Å². The zero-order valence-corrected chi connectivity index (χ0v) is 14.4. The molecule has 1 aliphatic carbocycles. The highest BCUT2D eigenvalue weighted by Gasteiger charge is 2.31. The topological polar surface area (TPSA) is 30.0 Å². The molecule has 2 saturated heterocycles. The smallest absolute Gasteiger partial charge is 0.0558 e. The van der Waals surface area contributed by atoms with E-state index >= 15 is 0 Å². The van der Waals surface area contributed by atoms with Gasteiger partial charge in [0.05, 0.1) is 6.61 Å². The Hall–Kier alpha value is -0.160. The van der Waals surface area contributed by atoms with Crippen LogP contribution in [0.15, 0.2) is 0 Å². The third-order valence-electron chi connectivity index (χ3n) is 6.26. The van der Waals surface area contributed by atoms with E-state index in [-0.39, 0.29) is 0 Å². The molecule has 0 radical (unpaired) electrons. The van der Waals surface area contributed by atoms with E-state index in [1.807, 2.05) is 0 Å². The second-order valence-corrected chi connectivity index (χ2v) is 7.79.